The van der Waals surface area contributed by atoms with E-state index in [0.29, 0.717) is 29.7 Å². The van der Waals surface area contributed by atoms with Crippen LogP contribution in [-0.4, -0.2) is 36.5 Å². The number of fused-ring (bicyclic) bond motifs is 2. The minimum Gasteiger partial charge on any atom is -0.454 e. The lowest BCUT2D eigenvalue weighted by molar-refractivity contribution is 0.174. The summed E-state index contributed by atoms with van der Waals surface area (Å²) in [6.07, 6.45) is 5.46. The summed E-state index contributed by atoms with van der Waals surface area (Å²) < 4.78 is 17.6. The summed E-state index contributed by atoms with van der Waals surface area (Å²) in [4.78, 5) is 12.6. The standard InChI is InChI=1S/C15H10N6O3/c1-2-11-12(23-8-22-11)4-10(1)14-19-13(24-20-14)3-9-5-16-15-17-7-18-21(15)6-9/h1-2,4-7H,3,8H2. The zero-order chi connectivity index (χ0) is 15.9. The molecule has 0 bridgehead atoms. The highest BCUT2D eigenvalue weighted by Gasteiger charge is 2.16. The van der Waals surface area contributed by atoms with E-state index in [4.69, 9.17) is 14.0 Å². The molecule has 24 heavy (non-hydrogen) atoms. The number of hydrogen-bond acceptors (Lipinski definition) is 8. The molecule has 0 saturated carbocycles. The number of hydrogen-bond donors (Lipinski definition) is 0. The molecule has 4 aromatic rings. The van der Waals surface area contributed by atoms with Gasteiger partial charge in [0.05, 0.1) is 6.42 Å². The molecule has 118 valence electrons. The Morgan fingerprint density at radius 3 is 3.08 bits per heavy atom. The highest BCUT2D eigenvalue weighted by molar-refractivity contribution is 5.61. The molecular formula is C15H10N6O3. The first-order valence-corrected chi connectivity index (χ1v) is 7.22. The van der Waals surface area contributed by atoms with Crippen LogP contribution in [0.4, 0.5) is 0 Å². The van der Waals surface area contributed by atoms with Gasteiger partial charge in [-0.05, 0) is 23.8 Å². The van der Waals surface area contributed by atoms with Crippen molar-refractivity contribution in [1.29, 1.82) is 0 Å². The molecular weight excluding hydrogens is 312 g/mol. The quantitative estimate of drug-likeness (QED) is 0.559. The van der Waals surface area contributed by atoms with E-state index in [1.807, 2.05) is 24.4 Å². The van der Waals surface area contributed by atoms with Crippen LogP contribution >= 0.6 is 0 Å². The average molecular weight is 322 g/mol. The zero-order valence-electron chi connectivity index (χ0n) is 12.3. The highest BCUT2D eigenvalue weighted by Crippen LogP contribution is 2.35. The van der Waals surface area contributed by atoms with Crippen LogP contribution in [0.2, 0.25) is 0 Å². The number of ether oxygens (including phenoxy) is 2. The van der Waals surface area contributed by atoms with Crippen molar-refractivity contribution in [1.82, 2.24) is 29.7 Å². The average Bonchev–Trinajstić information content (AvgIpc) is 3.34. The van der Waals surface area contributed by atoms with Crippen LogP contribution in [0.3, 0.4) is 0 Å². The van der Waals surface area contributed by atoms with E-state index in [2.05, 4.69) is 25.2 Å². The third-order valence-electron chi connectivity index (χ3n) is 3.64. The van der Waals surface area contributed by atoms with Crippen LogP contribution in [-0.2, 0) is 6.42 Å². The van der Waals surface area contributed by atoms with E-state index in [9.17, 15) is 0 Å². The molecule has 0 saturated heterocycles. The first-order valence-electron chi connectivity index (χ1n) is 7.22. The number of aromatic nitrogens is 6. The first-order chi connectivity index (χ1) is 11.8. The summed E-state index contributed by atoms with van der Waals surface area (Å²) in [5.74, 6) is 2.93. The second kappa shape index (κ2) is 5.01. The van der Waals surface area contributed by atoms with E-state index in [-0.39, 0.29) is 6.79 Å². The Bertz CT molecular complexity index is 1040. The Hall–Kier alpha value is -3.49. The molecule has 0 unspecified atom stereocenters. The Morgan fingerprint density at radius 2 is 2.08 bits per heavy atom. The molecule has 1 aliphatic rings. The summed E-state index contributed by atoms with van der Waals surface area (Å²) in [5, 5.41) is 8.08. The van der Waals surface area contributed by atoms with E-state index in [1.165, 1.54) is 6.33 Å². The van der Waals surface area contributed by atoms with Crippen molar-refractivity contribution in [3.63, 3.8) is 0 Å². The summed E-state index contributed by atoms with van der Waals surface area (Å²) in [5.41, 5.74) is 1.70. The number of rotatable bonds is 3. The van der Waals surface area contributed by atoms with Gasteiger partial charge in [0.15, 0.2) is 11.5 Å². The topological polar surface area (TPSA) is 100 Å². The molecule has 9 heteroatoms. The molecule has 5 rings (SSSR count). The van der Waals surface area contributed by atoms with Crippen molar-refractivity contribution >= 4 is 5.78 Å². The molecule has 0 spiro atoms. The van der Waals surface area contributed by atoms with Crippen molar-refractivity contribution in [2.24, 2.45) is 0 Å². The maximum absolute atomic E-state index is 5.36. The largest absolute Gasteiger partial charge is 0.454 e. The predicted molar refractivity (Wildman–Crippen MR) is 79.4 cm³/mol. The predicted octanol–water partition coefficient (Wildman–Crippen LogP) is 1.49. The third kappa shape index (κ3) is 2.14. The van der Waals surface area contributed by atoms with Gasteiger partial charge in [0, 0.05) is 18.0 Å². The van der Waals surface area contributed by atoms with Crippen LogP contribution in [0.15, 0.2) is 41.4 Å². The molecule has 9 nitrogen and oxygen atoms in total. The maximum Gasteiger partial charge on any atom is 0.252 e. The van der Waals surface area contributed by atoms with Gasteiger partial charge in [-0.25, -0.2) is 9.50 Å². The molecule has 0 fully saturated rings. The van der Waals surface area contributed by atoms with Crippen LogP contribution in [0.25, 0.3) is 17.2 Å². The third-order valence-corrected chi connectivity index (χ3v) is 3.64. The van der Waals surface area contributed by atoms with Gasteiger partial charge in [-0.1, -0.05) is 5.16 Å². The minimum absolute atomic E-state index is 0.230. The molecule has 0 atom stereocenters. The summed E-state index contributed by atoms with van der Waals surface area (Å²) in [6, 6.07) is 5.53. The van der Waals surface area contributed by atoms with Crippen LogP contribution in [0.1, 0.15) is 11.5 Å². The molecule has 1 aliphatic heterocycles. The Kier molecular flexibility index (Phi) is 2.72. The second-order valence-corrected chi connectivity index (χ2v) is 5.22. The fourth-order valence-electron chi connectivity index (χ4n) is 2.50. The van der Waals surface area contributed by atoms with Crippen molar-refractivity contribution < 1.29 is 14.0 Å². The van der Waals surface area contributed by atoms with Gasteiger partial charge in [0.25, 0.3) is 5.78 Å². The summed E-state index contributed by atoms with van der Waals surface area (Å²) in [7, 11) is 0. The van der Waals surface area contributed by atoms with E-state index < -0.39 is 0 Å². The van der Waals surface area contributed by atoms with Gasteiger partial charge in [-0.15, -0.1) is 0 Å². The van der Waals surface area contributed by atoms with Gasteiger partial charge in [0.2, 0.25) is 18.5 Å². The zero-order valence-corrected chi connectivity index (χ0v) is 12.3. The Balaban J connectivity index is 1.42. The minimum atomic E-state index is 0.230. The van der Waals surface area contributed by atoms with Crippen LogP contribution in [0, 0.1) is 0 Å². The van der Waals surface area contributed by atoms with Gasteiger partial charge in [-0.2, -0.15) is 15.1 Å². The Morgan fingerprint density at radius 1 is 1.12 bits per heavy atom. The molecule has 3 aromatic heterocycles. The molecule has 1 aromatic carbocycles. The highest BCUT2D eigenvalue weighted by atomic mass is 16.7. The van der Waals surface area contributed by atoms with Gasteiger partial charge >= 0.3 is 0 Å². The fraction of sp³-hybridized carbons (Fsp3) is 0.133. The fourth-order valence-corrected chi connectivity index (χ4v) is 2.50. The number of nitrogens with zero attached hydrogens (tertiary/aromatic N) is 6. The molecule has 0 radical (unpaired) electrons. The first kappa shape index (κ1) is 13.0. The SMILES string of the molecule is c1nc2ncc(Cc3nc(-c4ccc5c(c4)OCO5)no3)cn2n1. The van der Waals surface area contributed by atoms with Crippen molar-refractivity contribution in [3.05, 3.63) is 48.4 Å². The lowest BCUT2D eigenvalue weighted by atomic mass is 10.2. The molecule has 4 heterocycles. The molecule has 0 N–H and O–H groups in total. The van der Waals surface area contributed by atoms with Gasteiger partial charge < -0.3 is 14.0 Å². The van der Waals surface area contributed by atoms with E-state index in [0.717, 1.165) is 16.9 Å². The van der Waals surface area contributed by atoms with Crippen molar-refractivity contribution in [3.8, 4) is 22.9 Å². The van der Waals surface area contributed by atoms with Crippen LogP contribution < -0.4 is 9.47 Å². The van der Waals surface area contributed by atoms with Crippen molar-refractivity contribution in [2.45, 2.75) is 6.42 Å². The Labute approximate surface area is 134 Å². The lowest BCUT2D eigenvalue weighted by Gasteiger charge is -1.98. The van der Waals surface area contributed by atoms with Gasteiger partial charge in [0.1, 0.15) is 6.33 Å². The summed E-state index contributed by atoms with van der Waals surface area (Å²) >= 11 is 0. The number of benzene rings is 1. The maximum atomic E-state index is 5.36. The summed E-state index contributed by atoms with van der Waals surface area (Å²) in [6.45, 7) is 0.230. The monoisotopic (exact) mass is 322 g/mol. The molecule has 0 amide bonds. The van der Waals surface area contributed by atoms with Crippen molar-refractivity contribution in [2.75, 3.05) is 6.79 Å². The lowest BCUT2D eigenvalue weighted by Crippen LogP contribution is -1.96. The smallest absolute Gasteiger partial charge is 0.252 e. The normalized spacial score (nSPS) is 12.8. The van der Waals surface area contributed by atoms with Crippen LogP contribution in [0.5, 0.6) is 11.5 Å². The van der Waals surface area contributed by atoms with Gasteiger partial charge in [-0.3, -0.25) is 0 Å². The van der Waals surface area contributed by atoms with E-state index >= 15 is 0 Å². The van der Waals surface area contributed by atoms with E-state index in [1.54, 1.807) is 10.7 Å². The second-order valence-electron chi connectivity index (χ2n) is 5.22. The molecule has 0 aliphatic carbocycles.